The molecule has 1 aromatic carbocycles. The van der Waals surface area contributed by atoms with E-state index in [0.29, 0.717) is 5.56 Å². The Morgan fingerprint density at radius 3 is 1.97 bits per heavy atom. The largest absolute Gasteiger partial charge is 0.508 e. The van der Waals surface area contributed by atoms with Crippen LogP contribution in [0.2, 0.25) is 0 Å². The fraction of sp³-hybridized carbons (Fsp3) is 0.421. The second-order valence-corrected chi connectivity index (χ2v) is 6.95. The van der Waals surface area contributed by atoms with Crippen molar-refractivity contribution in [3.05, 3.63) is 29.8 Å². The molecular formula is C19H26N4O9. The summed E-state index contributed by atoms with van der Waals surface area (Å²) in [7, 11) is 0. The zero-order chi connectivity index (χ0) is 24.4. The summed E-state index contributed by atoms with van der Waals surface area (Å²) in [6.45, 7) is 0.583. The van der Waals surface area contributed by atoms with E-state index in [0.717, 1.165) is 0 Å². The summed E-state index contributed by atoms with van der Waals surface area (Å²) in [6, 6.07) is -0.00216. The first-order valence-electron chi connectivity index (χ1n) is 9.44. The van der Waals surface area contributed by atoms with Crippen molar-refractivity contribution in [3.63, 3.8) is 0 Å². The van der Waals surface area contributed by atoms with Crippen LogP contribution in [0.5, 0.6) is 5.75 Å². The Morgan fingerprint density at radius 1 is 0.906 bits per heavy atom. The lowest BCUT2D eigenvalue weighted by Crippen LogP contribution is -2.57. The molecule has 13 heteroatoms. The molecule has 0 heterocycles. The maximum absolute atomic E-state index is 12.5. The number of nitrogens with two attached hydrogens (primary N) is 1. The Balaban J connectivity index is 2.87. The van der Waals surface area contributed by atoms with Crippen molar-refractivity contribution in [1.82, 2.24) is 16.0 Å². The molecule has 3 amide bonds. The van der Waals surface area contributed by atoms with E-state index >= 15 is 0 Å². The van der Waals surface area contributed by atoms with Crippen LogP contribution in [0.3, 0.4) is 0 Å². The van der Waals surface area contributed by atoms with Gasteiger partial charge in [-0.1, -0.05) is 12.1 Å². The number of aliphatic hydroxyl groups excluding tert-OH is 1. The second-order valence-electron chi connectivity index (χ2n) is 6.95. The summed E-state index contributed by atoms with van der Waals surface area (Å²) in [5.74, 6) is -5.68. The molecule has 9 N–H and O–H groups in total. The average Bonchev–Trinajstić information content (AvgIpc) is 2.72. The minimum atomic E-state index is -1.63. The van der Waals surface area contributed by atoms with Crippen molar-refractivity contribution in [2.75, 3.05) is 6.61 Å². The van der Waals surface area contributed by atoms with Gasteiger partial charge in [-0.3, -0.25) is 19.2 Å². The van der Waals surface area contributed by atoms with Gasteiger partial charge < -0.3 is 42.1 Å². The monoisotopic (exact) mass is 454 g/mol. The molecule has 0 saturated carbocycles. The summed E-state index contributed by atoms with van der Waals surface area (Å²) in [6.07, 6.45) is -1.01. The normalized spacial score (nSPS) is 14.3. The molecule has 0 aromatic heterocycles. The number of hydrogen-bond acceptors (Lipinski definition) is 8. The van der Waals surface area contributed by atoms with Gasteiger partial charge in [0.2, 0.25) is 17.7 Å². The number of carbonyl (C=O) groups is 5. The van der Waals surface area contributed by atoms with Crippen LogP contribution in [0.4, 0.5) is 0 Å². The number of carboxylic acid groups (broad SMARTS) is 2. The maximum atomic E-state index is 12.5. The van der Waals surface area contributed by atoms with Crippen molar-refractivity contribution in [1.29, 1.82) is 0 Å². The minimum Gasteiger partial charge on any atom is -0.508 e. The number of phenols is 1. The molecule has 32 heavy (non-hydrogen) atoms. The van der Waals surface area contributed by atoms with Crippen LogP contribution in [0.1, 0.15) is 18.9 Å². The first-order valence-corrected chi connectivity index (χ1v) is 9.44. The molecule has 176 valence electrons. The third kappa shape index (κ3) is 8.57. The number of benzene rings is 1. The van der Waals surface area contributed by atoms with Gasteiger partial charge >= 0.3 is 11.9 Å². The van der Waals surface area contributed by atoms with E-state index in [1.54, 1.807) is 0 Å². The van der Waals surface area contributed by atoms with Crippen molar-refractivity contribution in [2.24, 2.45) is 5.73 Å². The zero-order valence-corrected chi connectivity index (χ0v) is 17.1. The highest BCUT2D eigenvalue weighted by molar-refractivity contribution is 5.95. The minimum absolute atomic E-state index is 0.0324. The smallest absolute Gasteiger partial charge is 0.326 e. The van der Waals surface area contributed by atoms with E-state index in [1.165, 1.54) is 31.2 Å². The van der Waals surface area contributed by atoms with E-state index in [1.807, 2.05) is 0 Å². The molecule has 0 saturated heterocycles. The molecular weight excluding hydrogens is 428 g/mol. The molecule has 4 unspecified atom stereocenters. The van der Waals surface area contributed by atoms with E-state index in [-0.39, 0.29) is 12.2 Å². The van der Waals surface area contributed by atoms with Crippen molar-refractivity contribution >= 4 is 29.7 Å². The number of aromatic hydroxyl groups is 1. The third-order valence-corrected chi connectivity index (χ3v) is 4.29. The van der Waals surface area contributed by atoms with Crippen LogP contribution in [-0.4, -0.2) is 80.9 Å². The fourth-order valence-corrected chi connectivity index (χ4v) is 2.49. The van der Waals surface area contributed by atoms with Crippen LogP contribution in [-0.2, 0) is 30.4 Å². The molecule has 0 spiro atoms. The molecule has 13 nitrogen and oxygen atoms in total. The van der Waals surface area contributed by atoms with Gasteiger partial charge in [0, 0.05) is 6.42 Å². The van der Waals surface area contributed by atoms with Gasteiger partial charge in [0.05, 0.1) is 13.0 Å². The highest BCUT2D eigenvalue weighted by Gasteiger charge is 2.30. The predicted molar refractivity (Wildman–Crippen MR) is 108 cm³/mol. The zero-order valence-electron chi connectivity index (χ0n) is 17.1. The lowest BCUT2D eigenvalue weighted by Gasteiger charge is -2.23. The van der Waals surface area contributed by atoms with Gasteiger partial charge in [0.15, 0.2) is 0 Å². The number of nitrogens with one attached hydrogen (secondary N) is 3. The molecule has 1 aromatic rings. The van der Waals surface area contributed by atoms with Crippen LogP contribution in [0.25, 0.3) is 0 Å². The Kier molecular flexibility index (Phi) is 10.1. The summed E-state index contributed by atoms with van der Waals surface area (Å²) in [5, 5.41) is 43.1. The van der Waals surface area contributed by atoms with Crippen molar-refractivity contribution in [2.45, 2.75) is 43.9 Å². The van der Waals surface area contributed by atoms with Gasteiger partial charge in [0.25, 0.3) is 0 Å². The Bertz CT molecular complexity index is 844. The molecule has 0 aliphatic heterocycles. The van der Waals surface area contributed by atoms with Crippen LogP contribution >= 0.6 is 0 Å². The number of phenolic OH excluding ortho intramolecular Hbond substituents is 1. The first kappa shape index (κ1) is 26.3. The summed E-state index contributed by atoms with van der Waals surface area (Å²) < 4.78 is 0. The molecule has 0 aliphatic rings. The highest BCUT2D eigenvalue weighted by atomic mass is 16.4. The van der Waals surface area contributed by atoms with Gasteiger partial charge in [-0.15, -0.1) is 0 Å². The molecule has 4 atom stereocenters. The lowest BCUT2D eigenvalue weighted by atomic mass is 10.0. The SMILES string of the molecule is CC(NC(=O)C(N)CO)C(=O)NC(CC(=O)O)C(=O)NC(Cc1ccc(O)cc1)C(=O)O. The number of carbonyl (C=O) groups excluding carboxylic acids is 3. The molecule has 0 bridgehead atoms. The van der Waals surface area contributed by atoms with E-state index in [2.05, 4.69) is 16.0 Å². The summed E-state index contributed by atoms with van der Waals surface area (Å²) >= 11 is 0. The molecule has 0 radical (unpaired) electrons. The third-order valence-electron chi connectivity index (χ3n) is 4.29. The maximum Gasteiger partial charge on any atom is 0.326 e. The van der Waals surface area contributed by atoms with Crippen LogP contribution in [0.15, 0.2) is 24.3 Å². The number of rotatable bonds is 12. The number of aliphatic carboxylic acids is 2. The first-order chi connectivity index (χ1) is 14.9. The quantitative estimate of drug-likeness (QED) is 0.163. The van der Waals surface area contributed by atoms with Gasteiger partial charge in [0.1, 0.15) is 29.9 Å². The fourth-order valence-electron chi connectivity index (χ4n) is 2.49. The standard InChI is InChI=1S/C19H26N4O9/c1-9(21-17(29)12(20)8-24)16(28)22-13(7-15(26)27)18(30)23-14(19(31)32)6-10-2-4-11(25)5-3-10/h2-5,9,12-14,24-25H,6-8,20H2,1H3,(H,21,29)(H,22,28)(H,23,30)(H,26,27)(H,31,32). The number of amides is 3. The lowest BCUT2D eigenvalue weighted by molar-refractivity contribution is -0.143. The molecule has 0 fully saturated rings. The Morgan fingerprint density at radius 2 is 1.47 bits per heavy atom. The second kappa shape index (κ2) is 12.2. The Hall–Kier alpha value is -3.71. The summed E-state index contributed by atoms with van der Waals surface area (Å²) in [4.78, 5) is 59.2. The van der Waals surface area contributed by atoms with Crippen molar-refractivity contribution in [3.8, 4) is 5.75 Å². The van der Waals surface area contributed by atoms with Crippen LogP contribution < -0.4 is 21.7 Å². The topological polar surface area (TPSA) is 228 Å². The molecule has 0 aliphatic carbocycles. The number of aliphatic hydroxyl groups is 1. The van der Waals surface area contributed by atoms with Crippen molar-refractivity contribution < 1.29 is 44.4 Å². The van der Waals surface area contributed by atoms with Gasteiger partial charge in [-0.05, 0) is 24.6 Å². The predicted octanol–water partition coefficient (Wildman–Crippen LogP) is -2.71. The molecule has 1 rings (SSSR count). The highest BCUT2D eigenvalue weighted by Crippen LogP contribution is 2.11. The van der Waals surface area contributed by atoms with E-state index < -0.39 is 66.9 Å². The Labute approximate surface area is 182 Å². The average molecular weight is 454 g/mol. The number of hydrogen-bond donors (Lipinski definition) is 8. The summed E-state index contributed by atoms with van der Waals surface area (Å²) in [5.41, 5.74) is 5.81. The number of carboxylic acids is 2. The van der Waals surface area contributed by atoms with Crippen LogP contribution in [0, 0.1) is 0 Å². The van der Waals surface area contributed by atoms with E-state index in [4.69, 9.17) is 15.9 Å². The van der Waals surface area contributed by atoms with E-state index in [9.17, 15) is 34.2 Å². The van der Waals surface area contributed by atoms with Gasteiger partial charge in [-0.2, -0.15) is 0 Å². The van der Waals surface area contributed by atoms with Gasteiger partial charge in [-0.25, -0.2) is 4.79 Å².